The highest BCUT2D eigenvalue weighted by Gasteiger charge is 2.08. The van der Waals surface area contributed by atoms with Crippen LogP contribution in [-0.2, 0) is 6.42 Å². The molecular formula is C14H12N2S. The van der Waals surface area contributed by atoms with E-state index in [2.05, 4.69) is 46.5 Å². The Labute approximate surface area is 104 Å². The zero-order chi connectivity index (χ0) is 11.7. The zero-order valence-corrected chi connectivity index (χ0v) is 10.4. The predicted molar refractivity (Wildman–Crippen MR) is 72.2 cm³/mol. The molecule has 0 saturated carbocycles. The van der Waals surface area contributed by atoms with E-state index in [9.17, 15) is 0 Å². The van der Waals surface area contributed by atoms with Crippen LogP contribution < -0.4 is 0 Å². The molecule has 0 bridgehead atoms. The van der Waals surface area contributed by atoms with Crippen LogP contribution in [0.5, 0.6) is 0 Å². The van der Waals surface area contributed by atoms with Gasteiger partial charge in [0.25, 0.3) is 0 Å². The summed E-state index contributed by atoms with van der Waals surface area (Å²) in [4.78, 5) is 9.09. The number of pyridine rings is 1. The van der Waals surface area contributed by atoms with Crippen molar-refractivity contribution in [2.45, 2.75) is 13.3 Å². The molecule has 0 saturated heterocycles. The van der Waals surface area contributed by atoms with Gasteiger partial charge in [-0.1, -0.05) is 25.1 Å². The van der Waals surface area contributed by atoms with Crippen molar-refractivity contribution < 1.29 is 0 Å². The maximum absolute atomic E-state index is 4.63. The Kier molecular flexibility index (Phi) is 2.61. The molecule has 84 valence electrons. The molecule has 3 heteroatoms. The molecule has 0 amide bonds. The molecule has 0 fully saturated rings. The Morgan fingerprint density at radius 1 is 1.18 bits per heavy atom. The van der Waals surface area contributed by atoms with E-state index in [0.29, 0.717) is 0 Å². The molecule has 0 aliphatic rings. The smallest absolute Gasteiger partial charge is 0.125 e. The fourth-order valence-corrected chi connectivity index (χ4v) is 2.80. The van der Waals surface area contributed by atoms with Crippen molar-refractivity contribution in [1.29, 1.82) is 0 Å². The van der Waals surface area contributed by atoms with Crippen molar-refractivity contribution >= 4 is 22.2 Å². The highest BCUT2D eigenvalue weighted by molar-refractivity contribution is 7.13. The maximum atomic E-state index is 4.63. The minimum Gasteiger partial charge on any atom is -0.256 e. The molecule has 17 heavy (non-hydrogen) atoms. The Hall–Kier alpha value is -1.74. The van der Waals surface area contributed by atoms with Crippen LogP contribution in [0, 0.1) is 0 Å². The number of aryl methyl sites for hydroxylation is 1. The van der Waals surface area contributed by atoms with E-state index < -0.39 is 0 Å². The van der Waals surface area contributed by atoms with E-state index in [0.717, 1.165) is 28.2 Å². The number of aromatic nitrogens is 2. The molecule has 0 radical (unpaired) electrons. The molecule has 3 rings (SSSR count). The zero-order valence-electron chi connectivity index (χ0n) is 9.55. The summed E-state index contributed by atoms with van der Waals surface area (Å²) in [5.41, 5.74) is 3.32. The fourth-order valence-electron chi connectivity index (χ4n) is 1.87. The van der Waals surface area contributed by atoms with Crippen molar-refractivity contribution in [3.63, 3.8) is 0 Å². The number of rotatable bonds is 2. The monoisotopic (exact) mass is 240 g/mol. The summed E-state index contributed by atoms with van der Waals surface area (Å²) in [5.74, 6) is 0. The van der Waals surface area contributed by atoms with Crippen LogP contribution in [0.2, 0.25) is 0 Å². The normalized spacial score (nSPS) is 10.9. The van der Waals surface area contributed by atoms with Crippen LogP contribution in [0.1, 0.15) is 12.6 Å². The summed E-state index contributed by atoms with van der Waals surface area (Å²) in [6.45, 7) is 2.13. The van der Waals surface area contributed by atoms with E-state index in [-0.39, 0.29) is 0 Å². The summed E-state index contributed by atoms with van der Waals surface area (Å²) in [5, 5.41) is 4.35. The van der Waals surface area contributed by atoms with Crippen molar-refractivity contribution in [3.05, 3.63) is 47.6 Å². The standard InChI is InChI=1S/C14H12N2S/c1-2-11-9-17-14(16-11)12-7-3-5-10-6-4-8-15-13(10)12/h3-9H,2H2,1H3. The highest BCUT2D eigenvalue weighted by Crippen LogP contribution is 2.29. The minimum absolute atomic E-state index is 0.981. The predicted octanol–water partition coefficient (Wildman–Crippen LogP) is 3.92. The number of hydrogen-bond donors (Lipinski definition) is 0. The van der Waals surface area contributed by atoms with Crippen LogP contribution in [0.15, 0.2) is 41.9 Å². The van der Waals surface area contributed by atoms with Gasteiger partial charge in [0.15, 0.2) is 0 Å². The van der Waals surface area contributed by atoms with Crippen LogP contribution >= 0.6 is 11.3 Å². The lowest BCUT2D eigenvalue weighted by Gasteiger charge is -2.01. The van der Waals surface area contributed by atoms with Crippen molar-refractivity contribution in [2.75, 3.05) is 0 Å². The van der Waals surface area contributed by atoms with Gasteiger partial charge in [-0.3, -0.25) is 4.98 Å². The molecule has 2 nitrogen and oxygen atoms in total. The SMILES string of the molecule is CCc1csc(-c2cccc3cccnc23)n1. The van der Waals surface area contributed by atoms with E-state index in [1.54, 1.807) is 11.3 Å². The maximum Gasteiger partial charge on any atom is 0.125 e. The Morgan fingerprint density at radius 3 is 2.88 bits per heavy atom. The first-order chi connectivity index (χ1) is 8.38. The summed E-state index contributed by atoms with van der Waals surface area (Å²) in [6.07, 6.45) is 2.81. The molecule has 0 unspecified atom stereocenters. The first-order valence-electron chi connectivity index (χ1n) is 5.67. The first-order valence-corrected chi connectivity index (χ1v) is 6.55. The van der Waals surface area contributed by atoms with Crippen molar-refractivity contribution in [1.82, 2.24) is 9.97 Å². The van der Waals surface area contributed by atoms with Crippen molar-refractivity contribution in [2.24, 2.45) is 0 Å². The van der Waals surface area contributed by atoms with Crippen molar-refractivity contribution in [3.8, 4) is 10.6 Å². The van der Waals surface area contributed by atoms with Gasteiger partial charge in [-0.25, -0.2) is 4.98 Å². The molecule has 2 heterocycles. The Bertz CT molecular complexity index is 653. The topological polar surface area (TPSA) is 25.8 Å². The second-order valence-electron chi connectivity index (χ2n) is 3.88. The van der Waals surface area contributed by atoms with Gasteiger partial charge in [-0.15, -0.1) is 11.3 Å². The van der Waals surface area contributed by atoms with Gasteiger partial charge in [0.2, 0.25) is 0 Å². The summed E-state index contributed by atoms with van der Waals surface area (Å²) < 4.78 is 0. The van der Waals surface area contributed by atoms with Gasteiger partial charge < -0.3 is 0 Å². The molecule has 2 aromatic heterocycles. The Balaban J connectivity index is 2.23. The fraction of sp³-hybridized carbons (Fsp3) is 0.143. The van der Waals surface area contributed by atoms with Crippen LogP contribution in [0.3, 0.4) is 0 Å². The molecule has 0 aliphatic carbocycles. The Morgan fingerprint density at radius 2 is 2.06 bits per heavy atom. The highest BCUT2D eigenvalue weighted by atomic mass is 32.1. The van der Waals surface area contributed by atoms with Crippen LogP contribution in [0.4, 0.5) is 0 Å². The molecule has 0 spiro atoms. The number of fused-ring (bicyclic) bond motifs is 1. The average molecular weight is 240 g/mol. The van der Waals surface area contributed by atoms with E-state index >= 15 is 0 Å². The lowest BCUT2D eigenvalue weighted by molar-refractivity contribution is 1.07. The molecule has 0 atom stereocenters. The van der Waals surface area contributed by atoms with E-state index in [4.69, 9.17) is 0 Å². The minimum atomic E-state index is 0.981. The van der Waals surface area contributed by atoms with Gasteiger partial charge >= 0.3 is 0 Å². The number of nitrogens with zero attached hydrogens (tertiary/aromatic N) is 2. The van der Waals surface area contributed by atoms with Gasteiger partial charge in [0, 0.05) is 22.5 Å². The number of para-hydroxylation sites is 1. The molecular weight excluding hydrogens is 228 g/mol. The van der Waals surface area contributed by atoms with E-state index in [1.165, 1.54) is 5.39 Å². The molecule has 0 aliphatic heterocycles. The quantitative estimate of drug-likeness (QED) is 0.678. The van der Waals surface area contributed by atoms with Gasteiger partial charge in [0.05, 0.1) is 11.2 Å². The van der Waals surface area contributed by atoms with E-state index in [1.807, 2.05) is 12.3 Å². The number of thiazole rings is 1. The van der Waals surface area contributed by atoms with Crippen LogP contribution in [-0.4, -0.2) is 9.97 Å². The van der Waals surface area contributed by atoms with Gasteiger partial charge in [-0.2, -0.15) is 0 Å². The third-order valence-electron chi connectivity index (χ3n) is 2.78. The lowest BCUT2D eigenvalue weighted by Crippen LogP contribution is -1.84. The summed E-state index contributed by atoms with van der Waals surface area (Å²) >= 11 is 1.69. The lowest BCUT2D eigenvalue weighted by atomic mass is 10.1. The van der Waals surface area contributed by atoms with Crippen LogP contribution in [0.25, 0.3) is 21.5 Å². The first kappa shape index (κ1) is 10.4. The third-order valence-corrected chi connectivity index (χ3v) is 3.70. The average Bonchev–Trinajstić information content (AvgIpc) is 2.87. The molecule has 0 N–H and O–H groups in total. The molecule has 1 aromatic carbocycles. The summed E-state index contributed by atoms with van der Waals surface area (Å²) in [7, 11) is 0. The third kappa shape index (κ3) is 1.83. The second kappa shape index (κ2) is 4.26. The largest absolute Gasteiger partial charge is 0.256 e. The van der Waals surface area contributed by atoms with Gasteiger partial charge in [0.1, 0.15) is 5.01 Å². The summed E-state index contributed by atoms with van der Waals surface area (Å²) in [6, 6.07) is 10.3. The van der Waals surface area contributed by atoms with Gasteiger partial charge in [-0.05, 0) is 18.6 Å². The number of hydrogen-bond acceptors (Lipinski definition) is 3. The molecule has 3 aromatic rings. The number of benzene rings is 1. The second-order valence-corrected chi connectivity index (χ2v) is 4.74.